The molecule has 2 nitrogen and oxygen atoms in total. The topological polar surface area (TPSA) is 26.3 Å². The number of fused-ring (bicyclic) bond motifs is 5. The highest BCUT2D eigenvalue weighted by atomic mass is 16.5. The Morgan fingerprint density at radius 2 is 1.76 bits per heavy atom. The van der Waals surface area contributed by atoms with Crippen molar-refractivity contribution < 1.29 is 9.53 Å². The molecule has 3 fully saturated rings. The number of ether oxygens (including phenoxy) is 1. The van der Waals surface area contributed by atoms with Crippen LogP contribution < -0.4 is 0 Å². The Bertz CT molecular complexity index is 793. The van der Waals surface area contributed by atoms with E-state index in [1.807, 2.05) is 0 Å². The number of hydrogen-bond donors (Lipinski definition) is 0. The van der Waals surface area contributed by atoms with Gasteiger partial charge in [-0.2, -0.15) is 0 Å². The molecule has 0 aromatic carbocycles. The molecule has 0 aromatic rings. The molecule has 0 radical (unpaired) electrons. The third kappa shape index (κ3) is 4.38. The maximum absolute atomic E-state index is 11.6. The van der Waals surface area contributed by atoms with Crippen molar-refractivity contribution in [1.29, 1.82) is 0 Å². The fraction of sp³-hybridized carbons (Fsp3) is 0.839. The van der Waals surface area contributed by atoms with Crippen LogP contribution in [0.15, 0.2) is 23.8 Å². The van der Waals surface area contributed by atoms with Crippen LogP contribution in [-0.4, -0.2) is 12.1 Å². The normalized spacial score (nSPS) is 44.6. The van der Waals surface area contributed by atoms with Crippen LogP contribution in [0.5, 0.6) is 0 Å². The minimum absolute atomic E-state index is 0.0937. The quantitative estimate of drug-likeness (QED) is 0.309. The van der Waals surface area contributed by atoms with Gasteiger partial charge in [0.15, 0.2) is 0 Å². The van der Waals surface area contributed by atoms with Gasteiger partial charge in [0.05, 0.1) is 0 Å². The summed E-state index contributed by atoms with van der Waals surface area (Å²) < 4.78 is 5.65. The maximum Gasteiger partial charge on any atom is 0.302 e. The van der Waals surface area contributed by atoms with Crippen LogP contribution in [0.3, 0.4) is 0 Å². The van der Waals surface area contributed by atoms with Gasteiger partial charge in [-0.15, -0.1) is 0 Å². The first-order valence-electron chi connectivity index (χ1n) is 14.0. The van der Waals surface area contributed by atoms with Crippen LogP contribution in [0.2, 0.25) is 0 Å². The van der Waals surface area contributed by atoms with E-state index in [-0.39, 0.29) is 12.1 Å². The summed E-state index contributed by atoms with van der Waals surface area (Å²) in [5.74, 6) is 5.88. The molecule has 186 valence electrons. The molecule has 3 saturated carbocycles. The SMILES string of the molecule is CC(=O)O[C@@H]1CC[C@]2(C)C(=C[C@H](C)[C@H]3[C@@H]4CC[C@H]([C@H](C)/C=C/[C@H](C)C(C)C)[C@@]4(C)CC[C@@H]32)C1. The van der Waals surface area contributed by atoms with Gasteiger partial charge in [-0.25, -0.2) is 0 Å². The molecule has 0 N–H and O–H groups in total. The zero-order chi connectivity index (χ0) is 24.1. The number of carbonyl (C=O) groups excluding carboxylic acids is 1. The minimum atomic E-state index is -0.123. The average molecular weight is 455 g/mol. The maximum atomic E-state index is 11.6. The summed E-state index contributed by atoms with van der Waals surface area (Å²) in [4.78, 5) is 11.6. The van der Waals surface area contributed by atoms with Crippen molar-refractivity contribution in [3.8, 4) is 0 Å². The van der Waals surface area contributed by atoms with Crippen LogP contribution in [0, 0.1) is 58.2 Å². The lowest BCUT2D eigenvalue weighted by atomic mass is 9.45. The third-order valence-electron chi connectivity index (χ3n) is 11.2. The van der Waals surface area contributed by atoms with Gasteiger partial charge in [0.25, 0.3) is 0 Å². The highest BCUT2D eigenvalue weighted by Crippen LogP contribution is 2.68. The number of rotatable bonds is 5. The smallest absolute Gasteiger partial charge is 0.302 e. The molecule has 0 spiro atoms. The summed E-state index contributed by atoms with van der Waals surface area (Å²) in [6.45, 7) is 18.8. The van der Waals surface area contributed by atoms with E-state index < -0.39 is 0 Å². The molecule has 10 atom stereocenters. The second-order valence-corrected chi connectivity index (χ2v) is 13.3. The second-order valence-electron chi connectivity index (χ2n) is 13.3. The van der Waals surface area contributed by atoms with Crippen LogP contribution >= 0.6 is 0 Å². The molecular formula is C31H50O2. The molecule has 4 aliphatic carbocycles. The van der Waals surface area contributed by atoms with Gasteiger partial charge in [-0.1, -0.05) is 72.3 Å². The van der Waals surface area contributed by atoms with Crippen LogP contribution in [-0.2, 0) is 9.53 Å². The predicted octanol–water partition coefficient (Wildman–Crippen LogP) is 8.23. The summed E-state index contributed by atoms with van der Waals surface area (Å²) in [6, 6.07) is 0. The zero-order valence-corrected chi connectivity index (χ0v) is 22.7. The number of carbonyl (C=O) groups is 1. The van der Waals surface area contributed by atoms with E-state index in [2.05, 4.69) is 66.7 Å². The fourth-order valence-corrected chi connectivity index (χ4v) is 8.93. The largest absolute Gasteiger partial charge is 0.462 e. The first-order valence-corrected chi connectivity index (χ1v) is 14.0. The Labute approximate surface area is 204 Å². The Morgan fingerprint density at radius 1 is 1.03 bits per heavy atom. The number of allylic oxidation sites excluding steroid dienone is 3. The van der Waals surface area contributed by atoms with E-state index in [1.165, 1.54) is 32.1 Å². The third-order valence-corrected chi connectivity index (χ3v) is 11.2. The summed E-state index contributed by atoms with van der Waals surface area (Å²) in [6.07, 6.45) is 16.6. The van der Waals surface area contributed by atoms with E-state index in [9.17, 15) is 4.79 Å². The Hall–Kier alpha value is -1.05. The lowest BCUT2D eigenvalue weighted by Gasteiger charge is -2.60. The van der Waals surface area contributed by atoms with Crippen molar-refractivity contribution in [3.63, 3.8) is 0 Å². The summed E-state index contributed by atoms with van der Waals surface area (Å²) in [5, 5.41) is 0. The van der Waals surface area contributed by atoms with Gasteiger partial charge >= 0.3 is 5.97 Å². The molecule has 2 heteroatoms. The van der Waals surface area contributed by atoms with Crippen molar-refractivity contribution in [3.05, 3.63) is 23.8 Å². The van der Waals surface area contributed by atoms with Crippen molar-refractivity contribution in [2.75, 3.05) is 0 Å². The lowest BCUT2D eigenvalue weighted by molar-refractivity contribution is -0.149. The van der Waals surface area contributed by atoms with Gasteiger partial charge < -0.3 is 4.74 Å². The molecule has 0 bridgehead atoms. The molecule has 0 heterocycles. The van der Waals surface area contributed by atoms with E-state index in [0.29, 0.717) is 28.6 Å². The predicted molar refractivity (Wildman–Crippen MR) is 138 cm³/mol. The van der Waals surface area contributed by atoms with Gasteiger partial charge in [0.2, 0.25) is 0 Å². The second kappa shape index (κ2) is 9.19. The Kier molecular flexibility index (Phi) is 6.98. The molecule has 4 rings (SSSR count). The number of esters is 1. The van der Waals surface area contributed by atoms with E-state index in [1.54, 1.807) is 12.5 Å². The molecular weight excluding hydrogens is 404 g/mol. The van der Waals surface area contributed by atoms with Gasteiger partial charge in [-0.3, -0.25) is 4.79 Å². The fourth-order valence-electron chi connectivity index (χ4n) is 8.93. The van der Waals surface area contributed by atoms with Gasteiger partial charge in [0.1, 0.15) is 6.10 Å². The molecule has 0 saturated heterocycles. The Balaban J connectivity index is 1.55. The summed E-state index contributed by atoms with van der Waals surface area (Å²) >= 11 is 0. The van der Waals surface area contributed by atoms with Crippen molar-refractivity contribution in [1.82, 2.24) is 0 Å². The first kappa shape index (κ1) is 25.1. The molecule has 4 aliphatic rings. The molecule has 0 unspecified atom stereocenters. The van der Waals surface area contributed by atoms with Gasteiger partial charge in [0, 0.05) is 13.3 Å². The van der Waals surface area contributed by atoms with Crippen molar-refractivity contribution in [2.45, 2.75) is 106 Å². The number of hydrogen-bond acceptors (Lipinski definition) is 2. The lowest BCUT2D eigenvalue weighted by Crippen LogP contribution is -2.53. The van der Waals surface area contributed by atoms with Crippen molar-refractivity contribution in [2.24, 2.45) is 58.2 Å². The molecule has 33 heavy (non-hydrogen) atoms. The Morgan fingerprint density at radius 3 is 2.42 bits per heavy atom. The average Bonchev–Trinajstić information content (AvgIpc) is 3.09. The minimum Gasteiger partial charge on any atom is -0.462 e. The molecule has 0 amide bonds. The molecule has 0 aromatic heterocycles. The van der Waals surface area contributed by atoms with E-state index in [0.717, 1.165) is 42.4 Å². The van der Waals surface area contributed by atoms with Crippen molar-refractivity contribution >= 4 is 5.97 Å². The standard InChI is InChI=1S/C31H50O2/c1-19(2)20(3)9-10-21(4)26-11-12-27-29-22(5)17-24-18-25(33-23(6)32)13-15-30(24,7)28(29)14-16-31(26,27)8/h9-10,17,19-22,25-29H,11-16,18H2,1-8H3/b10-9+/t20-,21+,22-,25+,26+,27-,28-,29-,30+,31+/m0/s1. The van der Waals surface area contributed by atoms with Crippen LogP contribution in [0.1, 0.15) is 100 Å². The highest BCUT2D eigenvalue weighted by Gasteiger charge is 2.60. The van der Waals surface area contributed by atoms with Crippen LogP contribution in [0.4, 0.5) is 0 Å². The van der Waals surface area contributed by atoms with Gasteiger partial charge in [-0.05, 0) is 96.7 Å². The van der Waals surface area contributed by atoms with E-state index in [4.69, 9.17) is 4.74 Å². The summed E-state index contributed by atoms with van der Waals surface area (Å²) in [5.41, 5.74) is 2.40. The van der Waals surface area contributed by atoms with Crippen LogP contribution in [0.25, 0.3) is 0 Å². The first-order chi connectivity index (χ1) is 15.5. The van der Waals surface area contributed by atoms with E-state index >= 15 is 0 Å². The summed E-state index contributed by atoms with van der Waals surface area (Å²) in [7, 11) is 0. The zero-order valence-electron chi connectivity index (χ0n) is 22.7. The highest BCUT2D eigenvalue weighted by molar-refractivity contribution is 5.66. The monoisotopic (exact) mass is 454 g/mol. The molecule has 0 aliphatic heterocycles.